The largest absolute Gasteiger partial charge is 0.293 e. The predicted octanol–water partition coefficient (Wildman–Crippen LogP) is 1.84. The number of thioether (sulfide) groups is 1. The van der Waals surface area contributed by atoms with E-state index in [1.807, 2.05) is 11.5 Å². The molecule has 1 rings (SSSR count). The van der Waals surface area contributed by atoms with Crippen LogP contribution in [0, 0.1) is 11.3 Å². The normalized spacial score (nSPS) is 10.6. The first-order valence-corrected chi connectivity index (χ1v) is 5.97. The number of nitrogens with two attached hydrogens (primary N) is 1. The summed E-state index contributed by atoms with van der Waals surface area (Å²) < 4.78 is -0.947. The minimum Gasteiger partial charge on any atom is -0.293 e. The van der Waals surface area contributed by atoms with E-state index >= 15 is 0 Å². The van der Waals surface area contributed by atoms with Crippen LogP contribution in [-0.4, -0.2) is 15.8 Å². The quantitative estimate of drug-likeness (QED) is 0.375. The molecule has 0 aliphatic heterocycles. The topological polar surface area (TPSA) is 96.0 Å². The second kappa shape index (κ2) is 5.67. The first-order chi connectivity index (χ1) is 8.40. The van der Waals surface area contributed by atoms with Crippen LogP contribution in [0.15, 0.2) is 24.3 Å². The molecule has 1 aromatic carbocycles. The van der Waals surface area contributed by atoms with Gasteiger partial charge in [-0.25, -0.2) is 5.84 Å². The second-order valence-corrected chi connectivity index (χ2v) is 5.66. The zero-order valence-corrected chi connectivity index (χ0v) is 10.9. The smallest absolute Gasteiger partial charge is 0.293 e. The van der Waals surface area contributed by atoms with Crippen LogP contribution >= 0.6 is 11.8 Å². The molecule has 0 saturated carbocycles. The van der Waals surface area contributed by atoms with Crippen molar-refractivity contribution in [2.24, 2.45) is 5.84 Å². The van der Waals surface area contributed by atoms with E-state index in [4.69, 9.17) is 11.1 Å². The van der Waals surface area contributed by atoms with Gasteiger partial charge in [0.15, 0.2) is 5.78 Å². The van der Waals surface area contributed by atoms with Gasteiger partial charge in [-0.1, -0.05) is 12.1 Å². The van der Waals surface area contributed by atoms with Crippen molar-refractivity contribution in [1.82, 2.24) is 5.43 Å². The highest BCUT2D eigenvalue weighted by Gasteiger charge is 2.32. The first kappa shape index (κ1) is 14.2. The van der Waals surface area contributed by atoms with Gasteiger partial charge >= 0.3 is 0 Å². The third-order valence-electron chi connectivity index (χ3n) is 2.27. The fourth-order valence-electron chi connectivity index (χ4n) is 1.39. The maximum atomic E-state index is 12.2. The molecule has 0 aliphatic carbocycles. The maximum Gasteiger partial charge on any atom is 0.293 e. The SMILES string of the molecule is CC(C)(SC(=O)NN)C(=O)c1cccc(C#N)c1. The molecule has 0 fully saturated rings. The Kier molecular flexibility index (Phi) is 4.48. The summed E-state index contributed by atoms with van der Waals surface area (Å²) in [5, 5.41) is 8.30. The van der Waals surface area contributed by atoms with Crippen LogP contribution in [0.3, 0.4) is 0 Å². The number of hydrogen-bond donors (Lipinski definition) is 2. The molecule has 0 radical (unpaired) electrons. The summed E-state index contributed by atoms with van der Waals surface area (Å²) in [4.78, 5) is 23.4. The van der Waals surface area contributed by atoms with Crippen LogP contribution in [0.25, 0.3) is 0 Å². The molecule has 6 heteroatoms. The zero-order chi connectivity index (χ0) is 13.8. The van der Waals surface area contributed by atoms with Crippen LogP contribution in [0.5, 0.6) is 0 Å². The second-order valence-electron chi connectivity index (χ2n) is 4.07. The molecule has 94 valence electrons. The van der Waals surface area contributed by atoms with Crippen LogP contribution in [0.1, 0.15) is 29.8 Å². The third-order valence-corrected chi connectivity index (χ3v) is 3.27. The summed E-state index contributed by atoms with van der Waals surface area (Å²) >= 11 is 0.811. The van der Waals surface area contributed by atoms with Crippen LogP contribution in [0.2, 0.25) is 0 Å². The Balaban J connectivity index is 2.98. The summed E-state index contributed by atoms with van der Waals surface area (Å²) in [5.74, 6) is 4.76. The van der Waals surface area contributed by atoms with E-state index in [0.29, 0.717) is 11.1 Å². The van der Waals surface area contributed by atoms with Gasteiger partial charge in [-0.2, -0.15) is 5.26 Å². The number of ketones is 1. The number of hydrogen-bond acceptors (Lipinski definition) is 5. The number of rotatable bonds is 3. The van der Waals surface area contributed by atoms with Crippen molar-refractivity contribution in [3.05, 3.63) is 35.4 Å². The van der Waals surface area contributed by atoms with Crippen molar-refractivity contribution in [2.75, 3.05) is 0 Å². The molecule has 1 aromatic rings. The van der Waals surface area contributed by atoms with E-state index < -0.39 is 9.99 Å². The lowest BCUT2D eigenvalue weighted by molar-refractivity contribution is 0.0958. The van der Waals surface area contributed by atoms with Crippen molar-refractivity contribution in [2.45, 2.75) is 18.6 Å². The number of nitrogens with zero attached hydrogens (tertiary/aromatic N) is 1. The van der Waals surface area contributed by atoms with Gasteiger partial charge in [0.05, 0.1) is 16.4 Å². The molecule has 1 amide bonds. The third kappa shape index (κ3) is 3.32. The molecule has 3 N–H and O–H groups in total. The van der Waals surface area contributed by atoms with Gasteiger partial charge in [-0.05, 0) is 37.7 Å². The van der Waals surface area contributed by atoms with E-state index in [9.17, 15) is 9.59 Å². The molecule has 0 saturated heterocycles. The van der Waals surface area contributed by atoms with Gasteiger partial charge in [0.2, 0.25) is 0 Å². The Bertz CT molecular complexity index is 520. The van der Waals surface area contributed by atoms with Gasteiger partial charge in [-0.15, -0.1) is 0 Å². The summed E-state index contributed by atoms with van der Waals surface area (Å²) in [6.07, 6.45) is 0. The van der Waals surface area contributed by atoms with E-state index in [1.54, 1.807) is 32.0 Å². The molecular weight excluding hydrogens is 250 g/mol. The van der Waals surface area contributed by atoms with Crippen molar-refractivity contribution < 1.29 is 9.59 Å². The average molecular weight is 263 g/mol. The fraction of sp³-hybridized carbons (Fsp3) is 0.250. The number of carbonyl (C=O) groups is 2. The molecule has 0 aromatic heterocycles. The molecule has 0 heterocycles. The average Bonchev–Trinajstić information content (AvgIpc) is 2.37. The molecule has 0 unspecified atom stereocenters. The zero-order valence-electron chi connectivity index (χ0n) is 10.1. The number of nitrogens with one attached hydrogen (secondary N) is 1. The summed E-state index contributed by atoms with van der Waals surface area (Å²) in [6.45, 7) is 3.27. The fourth-order valence-corrected chi connectivity index (χ4v) is 2.12. The van der Waals surface area contributed by atoms with Gasteiger partial charge < -0.3 is 0 Å². The number of carbonyl (C=O) groups excluding carboxylic acids is 2. The van der Waals surface area contributed by atoms with Crippen molar-refractivity contribution in [3.8, 4) is 6.07 Å². The first-order valence-electron chi connectivity index (χ1n) is 5.15. The molecule has 5 nitrogen and oxygen atoms in total. The van der Waals surface area contributed by atoms with Crippen LogP contribution < -0.4 is 11.3 Å². The monoisotopic (exact) mass is 263 g/mol. The predicted molar refractivity (Wildman–Crippen MR) is 69.9 cm³/mol. The molecule has 0 atom stereocenters. The Morgan fingerprint density at radius 1 is 1.44 bits per heavy atom. The lowest BCUT2D eigenvalue weighted by Gasteiger charge is -2.21. The van der Waals surface area contributed by atoms with E-state index in [0.717, 1.165) is 11.8 Å². The Morgan fingerprint density at radius 2 is 2.11 bits per heavy atom. The van der Waals surface area contributed by atoms with Gasteiger partial charge in [-0.3, -0.25) is 15.0 Å². The molecule has 0 bridgehead atoms. The van der Waals surface area contributed by atoms with Crippen molar-refractivity contribution in [1.29, 1.82) is 5.26 Å². The van der Waals surface area contributed by atoms with Gasteiger partial charge in [0.1, 0.15) is 0 Å². The molecule has 0 spiro atoms. The number of amides is 1. The number of nitriles is 1. The molecule has 0 aliphatic rings. The summed E-state index contributed by atoms with van der Waals surface area (Å²) in [7, 11) is 0. The van der Waals surface area contributed by atoms with Crippen LogP contribution in [-0.2, 0) is 0 Å². The van der Waals surface area contributed by atoms with E-state index in [1.165, 1.54) is 6.07 Å². The van der Waals surface area contributed by atoms with Crippen molar-refractivity contribution >= 4 is 22.8 Å². The highest BCUT2D eigenvalue weighted by atomic mass is 32.2. The summed E-state index contributed by atoms with van der Waals surface area (Å²) in [6, 6.07) is 8.34. The van der Waals surface area contributed by atoms with Gasteiger partial charge in [0.25, 0.3) is 5.24 Å². The molecular formula is C12H13N3O2S. The standard InChI is InChI=1S/C12H13N3O2S/c1-12(2,18-11(17)15-14)10(16)9-5-3-4-8(6-9)7-13/h3-6H,14H2,1-2H3,(H,15,17). The minimum absolute atomic E-state index is 0.229. The number of benzene rings is 1. The van der Waals surface area contributed by atoms with Gasteiger partial charge in [0, 0.05) is 5.56 Å². The minimum atomic E-state index is -0.947. The Hall–Kier alpha value is -1.84. The van der Waals surface area contributed by atoms with E-state index in [2.05, 4.69) is 0 Å². The Morgan fingerprint density at radius 3 is 2.67 bits per heavy atom. The summed E-state index contributed by atoms with van der Waals surface area (Å²) in [5.41, 5.74) is 2.78. The highest BCUT2D eigenvalue weighted by molar-refractivity contribution is 8.15. The number of hydrazine groups is 1. The number of Topliss-reactive ketones (excluding diaryl/α,β-unsaturated/α-hetero) is 1. The van der Waals surface area contributed by atoms with Crippen LogP contribution in [0.4, 0.5) is 4.79 Å². The maximum absolute atomic E-state index is 12.2. The molecule has 18 heavy (non-hydrogen) atoms. The highest BCUT2D eigenvalue weighted by Crippen LogP contribution is 2.29. The lowest BCUT2D eigenvalue weighted by Crippen LogP contribution is -2.35. The van der Waals surface area contributed by atoms with Crippen molar-refractivity contribution in [3.63, 3.8) is 0 Å². The Labute approximate surface area is 109 Å². The van der Waals surface area contributed by atoms with E-state index in [-0.39, 0.29) is 5.78 Å². The lowest BCUT2D eigenvalue weighted by atomic mass is 9.99.